The van der Waals surface area contributed by atoms with Crippen LogP contribution in [0.5, 0.6) is 0 Å². The molecule has 0 saturated heterocycles. The zero-order chi connectivity index (χ0) is 14.4. The van der Waals surface area contributed by atoms with Crippen LogP contribution >= 0.6 is 0 Å². The summed E-state index contributed by atoms with van der Waals surface area (Å²) < 4.78 is 5.13. The molecule has 0 bridgehead atoms. The molecule has 20 heavy (non-hydrogen) atoms. The number of hydrogen-bond donors (Lipinski definition) is 1. The van der Waals surface area contributed by atoms with Gasteiger partial charge in [0.1, 0.15) is 12.4 Å². The summed E-state index contributed by atoms with van der Waals surface area (Å²) in [4.78, 5) is 23.4. The molecule has 0 heterocycles. The normalized spacial score (nSPS) is 22.4. The van der Waals surface area contributed by atoms with Crippen molar-refractivity contribution in [2.24, 2.45) is 11.8 Å². The summed E-state index contributed by atoms with van der Waals surface area (Å²) in [5, 5.41) is 2.70. The summed E-state index contributed by atoms with van der Waals surface area (Å²) in [5.74, 6) is 0.533. The van der Waals surface area contributed by atoms with E-state index < -0.39 is 6.09 Å². The van der Waals surface area contributed by atoms with Crippen molar-refractivity contribution in [1.29, 1.82) is 0 Å². The zero-order valence-corrected chi connectivity index (χ0v) is 11.8. The highest BCUT2D eigenvalue weighted by atomic mass is 16.5. The number of nitrogens with one attached hydrogen (secondary N) is 1. The molecule has 1 fully saturated rings. The lowest BCUT2D eigenvalue weighted by Gasteiger charge is -2.27. The second-order valence-electron chi connectivity index (χ2n) is 5.38. The Labute approximate surface area is 119 Å². The Balaban J connectivity index is 1.73. The van der Waals surface area contributed by atoms with E-state index in [0.29, 0.717) is 18.9 Å². The first-order valence-electron chi connectivity index (χ1n) is 7.14. The van der Waals surface area contributed by atoms with Gasteiger partial charge in [0, 0.05) is 18.9 Å². The second-order valence-corrected chi connectivity index (χ2v) is 5.38. The van der Waals surface area contributed by atoms with Crippen molar-refractivity contribution in [3.05, 3.63) is 35.9 Å². The molecule has 1 aliphatic carbocycles. The van der Waals surface area contributed by atoms with Crippen molar-refractivity contribution >= 4 is 11.9 Å². The molecule has 0 aromatic heterocycles. The monoisotopic (exact) mass is 275 g/mol. The number of benzene rings is 1. The van der Waals surface area contributed by atoms with Crippen LogP contribution in [-0.2, 0) is 16.1 Å². The lowest BCUT2D eigenvalue weighted by Crippen LogP contribution is -2.38. The Morgan fingerprint density at radius 2 is 2.10 bits per heavy atom. The lowest BCUT2D eigenvalue weighted by molar-refractivity contribution is -0.126. The molecule has 2 atom stereocenters. The van der Waals surface area contributed by atoms with Gasteiger partial charge in [-0.25, -0.2) is 4.79 Å². The fraction of sp³-hybridized carbons (Fsp3) is 0.500. The number of hydrogen-bond acceptors (Lipinski definition) is 3. The van der Waals surface area contributed by atoms with Crippen molar-refractivity contribution in [2.45, 2.75) is 32.8 Å². The molecular formula is C16H21NO3. The first kappa shape index (κ1) is 14.6. The predicted octanol–water partition coefficient (Wildman–Crippen LogP) is 2.92. The fourth-order valence-corrected chi connectivity index (χ4v) is 2.58. The van der Waals surface area contributed by atoms with Gasteiger partial charge in [-0.15, -0.1) is 0 Å². The lowest BCUT2D eigenvalue weighted by atomic mass is 9.79. The van der Waals surface area contributed by atoms with Gasteiger partial charge in [0.2, 0.25) is 0 Å². The first-order valence-corrected chi connectivity index (χ1v) is 7.14. The van der Waals surface area contributed by atoms with Crippen molar-refractivity contribution < 1.29 is 14.3 Å². The minimum Gasteiger partial charge on any atom is -0.445 e. The fourth-order valence-electron chi connectivity index (χ4n) is 2.58. The van der Waals surface area contributed by atoms with E-state index in [1.807, 2.05) is 30.3 Å². The Hall–Kier alpha value is -1.84. The second kappa shape index (κ2) is 7.08. The molecule has 1 aromatic carbocycles. The number of rotatable bonds is 4. The molecule has 4 heteroatoms. The molecule has 0 aliphatic heterocycles. The number of ketones is 1. The maximum absolute atomic E-state index is 11.8. The molecular weight excluding hydrogens is 254 g/mol. The standard InChI is InChI=1S/C16H21NO3/c1-12-6-5-9-15(18)14(12)10-17-16(19)20-11-13-7-3-2-4-8-13/h2-4,7-8,12,14H,5-6,9-11H2,1H3,(H,17,19)/t12-,14-/m1/s1. The summed E-state index contributed by atoms with van der Waals surface area (Å²) in [6.07, 6.45) is 2.20. The average molecular weight is 275 g/mol. The third kappa shape index (κ3) is 4.08. The van der Waals surface area contributed by atoms with E-state index in [9.17, 15) is 9.59 Å². The maximum Gasteiger partial charge on any atom is 0.407 e. The van der Waals surface area contributed by atoms with E-state index in [4.69, 9.17) is 4.74 Å². The summed E-state index contributed by atoms with van der Waals surface area (Å²) in [6.45, 7) is 2.70. The largest absolute Gasteiger partial charge is 0.445 e. The van der Waals surface area contributed by atoms with E-state index in [0.717, 1.165) is 18.4 Å². The van der Waals surface area contributed by atoms with Crippen LogP contribution in [0.15, 0.2) is 30.3 Å². The highest BCUT2D eigenvalue weighted by Crippen LogP contribution is 2.26. The molecule has 1 N–H and O–H groups in total. The van der Waals surface area contributed by atoms with E-state index >= 15 is 0 Å². The average Bonchev–Trinajstić information content (AvgIpc) is 2.46. The summed E-state index contributed by atoms with van der Waals surface area (Å²) in [6, 6.07) is 9.53. The van der Waals surface area contributed by atoms with Gasteiger partial charge in [0.05, 0.1) is 0 Å². The Morgan fingerprint density at radius 3 is 2.80 bits per heavy atom. The molecule has 108 valence electrons. The number of alkyl carbamates (subject to hydrolysis) is 1. The molecule has 1 saturated carbocycles. The molecule has 4 nitrogen and oxygen atoms in total. The molecule has 0 unspecified atom stereocenters. The molecule has 2 rings (SSSR count). The number of ether oxygens (including phenoxy) is 1. The number of Topliss-reactive ketones (excluding diaryl/α,β-unsaturated/α-hetero) is 1. The van der Waals surface area contributed by atoms with Crippen LogP contribution in [0, 0.1) is 11.8 Å². The Morgan fingerprint density at radius 1 is 1.35 bits per heavy atom. The van der Waals surface area contributed by atoms with Gasteiger partial charge >= 0.3 is 6.09 Å². The van der Waals surface area contributed by atoms with Gasteiger partial charge in [-0.05, 0) is 24.3 Å². The molecule has 0 spiro atoms. The van der Waals surface area contributed by atoms with Crippen LogP contribution in [0.2, 0.25) is 0 Å². The van der Waals surface area contributed by atoms with Crippen LogP contribution in [0.4, 0.5) is 4.79 Å². The van der Waals surface area contributed by atoms with Crippen LogP contribution in [0.3, 0.4) is 0 Å². The van der Waals surface area contributed by atoms with Crippen molar-refractivity contribution in [3.8, 4) is 0 Å². The highest BCUT2D eigenvalue weighted by molar-refractivity contribution is 5.82. The number of amides is 1. The van der Waals surface area contributed by atoms with Gasteiger partial charge in [0.15, 0.2) is 0 Å². The molecule has 1 aliphatic rings. The first-order chi connectivity index (χ1) is 9.66. The van der Waals surface area contributed by atoms with E-state index in [-0.39, 0.29) is 18.3 Å². The van der Waals surface area contributed by atoms with Gasteiger partial charge in [-0.1, -0.05) is 37.3 Å². The molecule has 0 radical (unpaired) electrons. The van der Waals surface area contributed by atoms with Gasteiger partial charge in [-0.3, -0.25) is 4.79 Å². The highest BCUT2D eigenvalue weighted by Gasteiger charge is 2.28. The van der Waals surface area contributed by atoms with Gasteiger partial charge in [0.25, 0.3) is 0 Å². The van der Waals surface area contributed by atoms with E-state index in [2.05, 4.69) is 12.2 Å². The third-order valence-corrected chi connectivity index (χ3v) is 3.86. The van der Waals surface area contributed by atoms with Crippen molar-refractivity contribution in [2.75, 3.05) is 6.54 Å². The van der Waals surface area contributed by atoms with Crippen LogP contribution in [0.1, 0.15) is 31.7 Å². The quantitative estimate of drug-likeness (QED) is 0.919. The van der Waals surface area contributed by atoms with Crippen LogP contribution in [0.25, 0.3) is 0 Å². The molecule has 1 amide bonds. The van der Waals surface area contributed by atoms with Crippen molar-refractivity contribution in [1.82, 2.24) is 5.32 Å². The SMILES string of the molecule is C[C@@H]1CCCC(=O)[C@@H]1CNC(=O)OCc1ccccc1. The van der Waals surface area contributed by atoms with Crippen molar-refractivity contribution in [3.63, 3.8) is 0 Å². The van der Waals surface area contributed by atoms with Gasteiger partial charge in [-0.2, -0.15) is 0 Å². The number of carbonyl (C=O) groups excluding carboxylic acids is 2. The number of carbonyl (C=O) groups is 2. The Kier molecular flexibility index (Phi) is 5.16. The minimum absolute atomic E-state index is 0.0620. The topological polar surface area (TPSA) is 55.4 Å². The van der Waals surface area contributed by atoms with Crippen LogP contribution in [-0.4, -0.2) is 18.4 Å². The van der Waals surface area contributed by atoms with E-state index in [1.165, 1.54) is 0 Å². The minimum atomic E-state index is -0.459. The van der Waals surface area contributed by atoms with E-state index in [1.54, 1.807) is 0 Å². The summed E-state index contributed by atoms with van der Waals surface area (Å²) in [5.41, 5.74) is 0.949. The van der Waals surface area contributed by atoms with Gasteiger partial charge < -0.3 is 10.1 Å². The van der Waals surface area contributed by atoms with Crippen LogP contribution < -0.4 is 5.32 Å². The predicted molar refractivity (Wildman–Crippen MR) is 76.1 cm³/mol. The summed E-state index contributed by atoms with van der Waals surface area (Å²) >= 11 is 0. The summed E-state index contributed by atoms with van der Waals surface area (Å²) in [7, 11) is 0. The zero-order valence-electron chi connectivity index (χ0n) is 11.8. The Bertz CT molecular complexity index is 458. The smallest absolute Gasteiger partial charge is 0.407 e. The maximum atomic E-state index is 11.8. The third-order valence-electron chi connectivity index (χ3n) is 3.86. The molecule has 1 aromatic rings.